The summed E-state index contributed by atoms with van der Waals surface area (Å²) in [5.41, 5.74) is 2.32. The van der Waals surface area contributed by atoms with Crippen LogP contribution in [-0.4, -0.2) is 56.7 Å². The number of fused-ring (bicyclic) bond motifs is 1. The predicted octanol–water partition coefficient (Wildman–Crippen LogP) is 6.60. The highest BCUT2D eigenvalue weighted by atomic mass is 35.5. The first kappa shape index (κ1) is 28.9. The molecule has 222 valence electrons. The number of hydrogen-bond donors (Lipinski definition) is 0. The molecule has 1 atom stereocenters. The zero-order chi connectivity index (χ0) is 30.3. The van der Waals surface area contributed by atoms with E-state index in [1.165, 1.54) is 33.9 Å². The number of hydrogen-bond acceptors (Lipinski definition) is 7. The van der Waals surface area contributed by atoms with Gasteiger partial charge in [0.25, 0.3) is 0 Å². The zero-order valence-electron chi connectivity index (χ0n) is 23.7. The number of nitrogens with zero attached hydrogens (tertiary/aromatic N) is 7. The molecule has 0 unspecified atom stereocenters. The molecule has 0 aliphatic carbocycles. The monoisotopic (exact) mass is 623 g/mol. The summed E-state index contributed by atoms with van der Waals surface area (Å²) in [4.78, 5) is 23.0. The van der Waals surface area contributed by atoms with Crippen molar-refractivity contribution >= 4 is 37.2 Å². The van der Waals surface area contributed by atoms with Crippen LogP contribution in [0.1, 0.15) is 11.6 Å². The van der Waals surface area contributed by atoms with E-state index >= 15 is 4.39 Å². The topological polar surface area (TPSA) is 99.7 Å². The van der Waals surface area contributed by atoms with Crippen molar-refractivity contribution in [3.05, 3.63) is 83.4 Å². The Morgan fingerprint density at radius 3 is 2.70 bits per heavy atom. The van der Waals surface area contributed by atoms with Gasteiger partial charge < -0.3 is 9.47 Å². The molecule has 0 radical (unpaired) electrons. The molecule has 4 heterocycles. The second-order valence-electron chi connectivity index (χ2n) is 11.4. The molecular formula is C29H28ClF2N7O3Si. The van der Waals surface area contributed by atoms with Gasteiger partial charge in [0.1, 0.15) is 43.2 Å². The maximum absolute atomic E-state index is 15.4. The number of aromatic nitrogens is 6. The van der Waals surface area contributed by atoms with Crippen LogP contribution >= 0.6 is 11.6 Å². The maximum atomic E-state index is 15.4. The van der Waals surface area contributed by atoms with Gasteiger partial charge in [-0.25, -0.2) is 32.7 Å². The van der Waals surface area contributed by atoms with E-state index in [1.807, 2.05) is 0 Å². The molecule has 1 aliphatic rings. The largest absolute Gasteiger partial charge is 0.447 e. The lowest BCUT2D eigenvalue weighted by atomic mass is 10.1. The van der Waals surface area contributed by atoms with E-state index in [-0.39, 0.29) is 29.7 Å². The van der Waals surface area contributed by atoms with Crippen molar-refractivity contribution in [2.45, 2.75) is 38.5 Å². The van der Waals surface area contributed by atoms with E-state index in [0.717, 1.165) is 6.04 Å². The lowest BCUT2D eigenvalue weighted by molar-refractivity contribution is 0.0784. The highest BCUT2D eigenvalue weighted by Gasteiger charge is 2.37. The second kappa shape index (κ2) is 11.5. The van der Waals surface area contributed by atoms with Gasteiger partial charge in [0.2, 0.25) is 0 Å². The number of halogens is 3. The third-order valence-corrected chi connectivity index (χ3v) is 9.07. The molecule has 1 saturated heterocycles. The standard InChI is InChI=1S/C29H28ClF2N7O3Si/c1-43(2,3)11-10-41-17-37-16-33-27(36-37)20-6-4-18(13-24(20)32)21-14-34-38-9-8-26(35-28(21)38)39-25(15-42-29(39)40)19-5-7-23(31)22(30)12-19/h4-9,12-14,16,25H,10-11,15,17H2,1-3H3/t25-/m1/s1. The molecule has 1 amide bonds. The molecule has 6 rings (SSSR count). The number of amides is 1. The average Bonchev–Trinajstić information content (AvgIpc) is 3.70. The second-order valence-corrected chi connectivity index (χ2v) is 17.4. The Kier molecular flexibility index (Phi) is 7.71. The van der Waals surface area contributed by atoms with Crippen LogP contribution in [0.15, 0.2) is 61.2 Å². The van der Waals surface area contributed by atoms with E-state index in [2.05, 4.69) is 39.8 Å². The summed E-state index contributed by atoms with van der Waals surface area (Å²) in [6, 6.07) is 11.1. The Hall–Kier alpha value is -4.20. The fourth-order valence-corrected chi connectivity index (χ4v) is 5.66. The summed E-state index contributed by atoms with van der Waals surface area (Å²) in [5, 5.41) is 8.65. The first-order chi connectivity index (χ1) is 20.6. The van der Waals surface area contributed by atoms with Gasteiger partial charge in [-0.3, -0.25) is 4.90 Å². The summed E-state index contributed by atoms with van der Waals surface area (Å²) in [6.07, 6.45) is 4.14. The lowest BCUT2D eigenvalue weighted by Gasteiger charge is -2.21. The van der Waals surface area contributed by atoms with Crippen LogP contribution in [0.2, 0.25) is 30.7 Å². The van der Waals surface area contributed by atoms with Crippen LogP contribution in [0.25, 0.3) is 28.2 Å². The summed E-state index contributed by atoms with van der Waals surface area (Å²) >= 11 is 5.99. The number of benzene rings is 2. The maximum Gasteiger partial charge on any atom is 0.416 e. The number of carbonyl (C=O) groups excluding carboxylic acids is 1. The van der Waals surface area contributed by atoms with Gasteiger partial charge in [0, 0.05) is 26.4 Å². The van der Waals surface area contributed by atoms with Gasteiger partial charge in [-0.05, 0) is 47.5 Å². The SMILES string of the molecule is C[Si](C)(C)CCOCn1cnc(-c2ccc(-c3cnn4ccc(N5C(=O)OC[C@@H]5c5ccc(F)c(Cl)c5)nc34)cc2F)n1. The van der Waals surface area contributed by atoms with Crippen LogP contribution in [0, 0.1) is 11.6 Å². The van der Waals surface area contributed by atoms with E-state index in [1.54, 1.807) is 41.3 Å². The highest BCUT2D eigenvalue weighted by molar-refractivity contribution is 6.76. The summed E-state index contributed by atoms with van der Waals surface area (Å²) in [7, 11) is -1.20. The van der Waals surface area contributed by atoms with Crippen LogP contribution in [0.3, 0.4) is 0 Å². The third kappa shape index (κ3) is 6.01. The Balaban J connectivity index is 1.25. The van der Waals surface area contributed by atoms with E-state index < -0.39 is 31.8 Å². The quantitative estimate of drug-likeness (QED) is 0.135. The van der Waals surface area contributed by atoms with Crippen molar-refractivity contribution in [2.75, 3.05) is 18.1 Å². The molecule has 3 aromatic heterocycles. The fourth-order valence-electron chi connectivity index (χ4n) is 4.72. The molecule has 10 nitrogen and oxygen atoms in total. The van der Waals surface area contributed by atoms with E-state index in [4.69, 9.17) is 21.1 Å². The van der Waals surface area contributed by atoms with Gasteiger partial charge in [-0.15, -0.1) is 5.10 Å². The minimum absolute atomic E-state index is 0.0425. The number of cyclic esters (lactones) is 1. The number of carbonyl (C=O) groups is 1. The van der Waals surface area contributed by atoms with Gasteiger partial charge >= 0.3 is 6.09 Å². The number of rotatable bonds is 9. The Morgan fingerprint density at radius 1 is 1.09 bits per heavy atom. The van der Waals surface area contributed by atoms with Crippen molar-refractivity contribution in [3.8, 4) is 22.5 Å². The first-order valence-corrected chi connectivity index (χ1v) is 17.7. The van der Waals surface area contributed by atoms with E-state index in [9.17, 15) is 9.18 Å². The lowest BCUT2D eigenvalue weighted by Crippen LogP contribution is -2.28. The molecular weight excluding hydrogens is 596 g/mol. The third-order valence-electron chi connectivity index (χ3n) is 7.08. The zero-order valence-corrected chi connectivity index (χ0v) is 25.4. The molecule has 2 aromatic carbocycles. The molecule has 1 aliphatic heterocycles. The molecule has 0 bridgehead atoms. The van der Waals surface area contributed by atoms with Crippen molar-refractivity contribution in [1.29, 1.82) is 0 Å². The minimum atomic E-state index is -1.20. The summed E-state index contributed by atoms with van der Waals surface area (Å²) in [5.74, 6) is -0.532. The minimum Gasteiger partial charge on any atom is -0.447 e. The van der Waals surface area contributed by atoms with Crippen LogP contribution in [0.5, 0.6) is 0 Å². The van der Waals surface area contributed by atoms with Crippen molar-refractivity contribution < 1.29 is 23.0 Å². The summed E-state index contributed by atoms with van der Waals surface area (Å²) < 4.78 is 43.2. The van der Waals surface area contributed by atoms with Crippen molar-refractivity contribution in [1.82, 2.24) is 29.4 Å². The Morgan fingerprint density at radius 2 is 1.93 bits per heavy atom. The average molecular weight is 624 g/mol. The predicted molar refractivity (Wildman–Crippen MR) is 159 cm³/mol. The van der Waals surface area contributed by atoms with Crippen molar-refractivity contribution in [3.63, 3.8) is 0 Å². The first-order valence-electron chi connectivity index (χ1n) is 13.6. The van der Waals surface area contributed by atoms with Crippen LogP contribution < -0.4 is 4.90 Å². The molecule has 0 spiro atoms. The van der Waals surface area contributed by atoms with Gasteiger partial charge in [-0.1, -0.05) is 43.4 Å². The van der Waals surface area contributed by atoms with Gasteiger partial charge in [0.05, 0.1) is 16.8 Å². The molecule has 0 N–H and O–H groups in total. The molecule has 0 saturated carbocycles. The van der Waals surface area contributed by atoms with Crippen LogP contribution in [0.4, 0.5) is 19.4 Å². The highest BCUT2D eigenvalue weighted by Crippen LogP contribution is 2.35. The normalized spacial score (nSPS) is 15.4. The van der Waals surface area contributed by atoms with E-state index in [0.29, 0.717) is 34.8 Å². The number of ether oxygens (including phenoxy) is 2. The van der Waals surface area contributed by atoms with Crippen LogP contribution in [-0.2, 0) is 16.2 Å². The molecule has 1 fully saturated rings. The molecule has 5 aromatic rings. The number of anilines is 1. The van der Waals surface area contributed by atoms with Crippen molar-refractivity contribution in [2.24, 2.45) is 0 Å². The Bertz CT molecular complexity index is 1820. The fraction of sp³-hybridized carbons (Fsp3) is 0.276. The smallest absolute Gasteiger partial charge is 0.416 e. The molecule has 14 heteroatoms. The van der Waals surface area contributed by atoms with Gasteiger partial charge in [-0.2, -0.15) is 5.10 Å². The summed E-state index contributed by atoms with van der Waals surface area (Å²) in [6.45, 7) is 7.77. The Labute approximate surface area is 251 Å². The van der Waals surface area contributed by atoms with Gasteiger partial charge in [0.15, 0.2) is 11.5 Å². The molecule has 43 heavy (non-hydrogen) atoms.